The second kappa shape index (κ2) is 8.36. The Labute approximate surface area is 214 Å². The van der Waals surface area contributed by atoms with Gasteiger partial charge in [-0.2, -0.15) is 0 Å². The van der Waals surface area contributed by atoms with E-state index in [9.17, 15) is 23.2 Å². The molecule has 2 aliphatic heterocycles. The maximum absolute atomic E-state index is 13.5. The maximum Gasteiger partial charge on any atom is 0.293 e. The number of hydrogen-bond acceptors (Lipinski definition) is 8. The van der Waals surface area contributed by atoms with Crippen LogP contribution in [0.25, 0.3) is 16.9 Å². The summed E-state index contributed by atoms with van der Waals surface area (Å²) in [5.41, 5.74) is 0.790. The van der Waals surface area contributed by atoms with Crippen LogP contribution in [0.15, 0.2) is 28.5 Å². The Morgan fingerprint density at radius 2 is 2.00 bits per heavy atom. The van der Waals surface area contributed by atoms with Crippen molar-refractivity contribution in [1.82, 2.24) is 39.1 Å². The number of carbonyl (C=O) groups is 2. The van der Waals surface area contributed by atoms with Gasteiger partial charge in [-0.25, -0.2) is 28.4 Å². The van der Waals surface area contributed by atoms with Crippen molar-refractivity contribution in [3.05, 3.63) is 34.9 Å². The minimum Gasteiger partial charge on any atom is -0.374 e. The molecule has 0 spiro atoms. The Balaban J connectivity index is 1.14. The van der Waals surface area contributed by atoms with E-state index in [-0.39, 0.29) is 17.8 Å². The normalized spacial score (nSPS) is 22.5. The number of nitrogens with one attached hydrogen (secondary N) is 3. The van der Waals surface area contributed by atoms with E-state index >= 15 is 0 Å². The number of rotatable bonds is 6. The summed E-state index contributed by atoms with van der Waals surface area (Å²) in [5.74, 6) is -2.76. The van der Waals surface area contributed by atoms with Crippen molar-refractivity contribution in [1.29, 1.82) is 0 Å². The number of amides is 1. The third kappa shape index (κ3) is 3.71. The molecule has 3 aromatic heterocycles. The van der Waals surface area contributed by atoms with Crippen molar-refractivity contribution in [2.45, 2.75) is 32.4 Å². The average molecular weight is 529 g/mol. The number of aliphatic imine (C=N–C) groups is 1. The van der Waals surface area contributed by atoms with Gasteiger partial charge in [0.05, 0.1) is 42.8 Å². The van der Waals surface area contributed by atoms with E-state index < -0.39 is 35.3 Å². The van der Waals surface area contributed by atoms with E-state index in [1.54, 1.807) is 20.2 Å². The summed E-state index contributed by atoms with van der Waals surface area (Å²) >= 11 is 0. The van der Waals surface area contributed by atoms with Crippen LogP contribution in [0.3, 0.4) is 0 Å². The molecular formula is C23H26F2N10O3. The molecule has 2 fully saturated rings. The first-order chi connectivity index (χ1) is 18.1. The molecule has 1 saturated carbocycles. The van der Waals surface area contributed by atoms with Gasteiger partial charge in [-0.05, 0) is 13.8 Å². The van der Waals surface area contributed by atoms with E-state index in [1.807, 2.05) is 4.90 Å². The first kappa shape index (κ1) is 24.1. The maximum atomic E-state index is 13.5. The first-order valence-electron chi connectivity index (χ1n) is 12.2. The van der Waals surface area contributed by atoms with Crippen molar-refractivity contribution in [3.8, 4) is 0 Å². The van der Waals surface area contributed by atoms with Crippen molar-refractivity contribution in [2.75, 3.05) is 25.0 Å². The number of hydrogen-bond donors (Lipinski definition) is 3. The van der Waals surface area contributed by atoms with Gasteiger partial charge >= 0.3 is 0 Å². The number of aryl methyl sites for hydroxylation is 1. The number of imidazole rings is 2. The minimum atomic E-state index is -2.54. The second-order valence-corrected chi connectivity index (χ2v) is 9.96. The Morgan fingerprint density at radius 1 is 1.26 bits per heavy atom. The summed E-state index contributed by atoms with van der Waals surface area (Å²) in [6.07, 6.45) is 4.46. The molecule has 3 aliphatic rings. The molecule has 200 valence electrons. The fourth-order valence-electron chi connectivity index (χ4n) is 5.20. The predicted molar refractivity (Wildman–Crippen MR) is 132 cm³/mol. The lowest BCUT2D eigenvalue weighted by molar-refractivity contribution is -0.119. The van der Waals surface area contributed by atoms with Crippen LogP contribution in [0.2, 0.25) is 0 Å². The lowest BCUT2D eigenvalue weighted by Crippen LogP contribution is -2.40. The van der Waals surface area contributed by atoms with Crippen LogP contribution in [0.5, 0.6) is 0 Å². The van der Waals surface area contributed by atoms with Gasteiger partial charge in [-0.1, -0.05) is 0 Å². The number of aromatic amines is 1. The standard InChI is InChI=1S/C23H26F2N10O3/c1-11(36)7-35-22(38)18-20(32(35)3)29-10-34(18)12(2)21(37)31-16-5-28-19(30-16)15-4-27-17(6-26-15)33-8-13-14(9-33)23(13,24)25/h4-5,10,12-14,26H,6-9H2,1-3H3,(H,28,30)(H,31,37)/t12-,13?,14?/m0/s1. The van der Waals surface area contributed by atoms with E-state index in [4.69, 9.17) is 0 Å². The van der Waals surface area contributed by atoms with Gasteiger partial charge in [0.2, 0.25) is 5.91 Å². The lowest BCUT2D eigenvalue weighted by atomic mass is 10.3. The number of ketones is 1. The first-order valence-corrected chi connectivity index (χ1v) is 12.2. The number of Topliss-reactive ketones (excluding diaryl/α,β-unsaturated/α-hetero) is 1. The molecule has 3 N–H and O–H groups in total. The summed E-state index contributed by atoms with van der Waals surface area (Å²) in [4.78, 5) is 55.3. The predicted octanol–water partition coefficient (Wildman–Crippen LogP) is 0.545. The van der Waals surface area contributed by atoms with Gasteiger partial charge in [0.1, 0.15) is 24.2 Å². The van der Waals surface area contributed by atoms with E-state index in [0.29, 0.717) is 48.5 Å². The Morgan fingerprint density at radius 3 is 2.66 bits per heavy atom. The molecule has 3 atom stereocenters. The van der Waals surface area contributed by atoms with Gasteiger partial charge < -0.3 is 25.1 Å². The van der Waals surface area contributed by atoms with Crippen LogP contribution in [-0.4, -0.2) is 76.9 Å². The number of alkyl halides is 2. The van der Waals surface area contributed by atoms with Gasteiger partial charge in [-0.15, -0.1) is 0 Å². The molecule has 1 aliphatic carbocycles. The highest BCUT2D eigenvalue weighted by Crippen LogP contribution is 2.59. The van der Waals surface area contributed by atoms with Gasteiger partial charge in [-0.3, -0.25) is 19.1 Å². The van der Waals surface area contributed by atoms with Crippen molar-refractivity contribution in [3.63, 3.8) is 0 Å². The smallest absolute Gasteiger partial charge is 0.293 e. The van der Waals surface area contributed by atoms with Gasteiger partial charge in [0, 0.05) is 20.1 Å². The SMILES string of the molecule is CC(=O)Cn1c(=O)c2c(ncn2[C@@H](C)C(=O)Nc2cnc(C3=CN=C(N4CC5C(C4)C5(F)F)CN3)[nH]2)n1C. The molecule has 5 heterocycles. The van der Waals surface area contributed by atoms with Gasteiger partial charge in [0.25, 0.3) is 11.5 Å². The molecule has 0 aromatic carbocycles. The molecular weight excluding hydrogens is 502 g/mol. The number of aromatic nitrogens is 6. The molecule has 1 amide bonds. The van der Waals surface area contributed by atoms with Crippen LogP contribution < -0.4 is 16.2 Å². The molecule has 0 radical (unpaired) electrons. The highest BCUT2D eigenvalue weighted by Gasteiger charge is 2.71. The molecule has 0 bridgehead atoms. The topological polar surface area (TPSA) is 147 Å². The number of likely N-dealkylation sites (tertiary alicyclic amines) is 1. The number of amidine groups is 1. The number of carbonyl (C=O) groups excluding carboxylic acids is 2. The molecule has 38 heavy (non-hydrogen) atoms. The summed E-state index contributed by atoms with van der Waals surface area (Å²) in [6, 6.07) is -0.786. The molecule has 2 unspecified atom stereocenters. The molecule has 3 aromatic rings. The zero-order chi connectivity index (χ0) is 26.9. The molecule has 1 saturated heterocycles. The van der Waals surface area contributed by atoms with Crippen LogP contribution in [-0.2, 0) is 23.2 Å². The van der Waals surface area contributed by atoms with Crippen molar-refractivity contribution in [2.24, 2.45) is 23.9 Å². The zero-order valence-electron chi connectivity index (χ0n) is 20.9. The highest BCUT2D eigenvalue weighted by atomic mass is 19.3. The third-order valence-electron chi connectivity index (χ3n) is 7.48. The fraction of sp³-hybridized carbons (Fsp3) is 0.478. The Bertz CT molecular complexity index is 1580. The quantitative estimate of drug-likeness (QED) is 0.423. The summed E-state index contributed by atoms with van der Waals surface area (Å²) in [5, 5.41) is 5.94. The minimum absolute atomic E-state index is 0.0897. The van der Waals surface area contributed by atoms with Crippen LogP contribution in [0, 0.1) is 11.8 Å². The Kier molecular flexibility index (Phi) is 5.29. The number of anilines is 1. The van der Waals surface area contributed by atoms with E-state index in [0.717, 1.165) is 0 Å². The van der Waals surface area contributed by atoms with E-state index in [1.165, 1.54) is 33.4 Å². The molecule has 13 nitrogen and oxygen atoms in total. The number of H-pyrrole nitrogens is 1. The van der Waals surface area contributed by atoms with Crippen molar-refractivity contribution < 1.29 is 18.4 Å². The number of fused-ring (bicyclic) bond motifs is 2. The zero-order valence-corrected chi connectivity index (χ0v) is 20.9. The van der Waals surface area contributed by atoms with Crippen LogP contribution in [0.1, 0.15) is 25.7 Å². The second-order valence-electron chi connectivity index (χ2n) is 9.96. The monoisotopic (exact) mass is 528 g/mol. The number of piperidine rings is 1. The average Bonchev–Trinajstić information content (AvgIpc) is 3.51. The summed E-state index contributed by atoms with van der Waals surface area (Å²) in [6.45, 7) is 3.94. The third-order valence-corrected chi connectivity index (χ3v) is 7.48. The summed E-state index contributed by atoms with van der Waals surface area (Å²) < 4.78 is 31.2. The largest absolute Gasteiger partial charge is 0.374 e. The van der Waals surface area contributed by atoms with Gasteiger partial charge in [0.15, 0.2) is 22.8 Å². The summed E-state index contributed by atoms with van der Waals surface area (Å²) in [7, 11) is 1.63. The lowest BCUT2D eigenvalue weighted by Gasteiger charge is -2.26. The van der Waals surface area contributed by atoms with E-state index in [2.05, 4.69) is 30.6 Å². The molecule has 15 heteroatoms. The number of halogens is 2. The Hall–Kier alpha value is -4.30. The highest BCUT2D eigenvalue weighted by molar-refractivity contribution is 5.94. The fourth-order valence-corrected chi connectivity index (χ4v) is 5.20. The van der Waals surface area contributed by atoms with Crippen LogP contribution >= 0.6 is 0 Å². The van der Waals surface area contributed by atoms with Crippen LogP contribution in [0.4, 0.5) is 14.6 Å². The molecule has 6 rings (SSSR count). The number of nitrogens with zero attached hydrogens (tertiary/aromatic N) is 7. The van der Waals surface area contributed by atoms with Crippen molar-refractivity contribution >= 4 is 40.2 Å².